The molecule has 0 radical (unpaired) electrons. The number of carbonyl (C=O) groups excluding carboxylic acids is 2. The maximum absolute atomic E-state index is 13.2. The minimum Gasteiger partial charge on any atom is -0.507 e. The summed E-state index contributed by atoms with van der Waals surface area (Å²) in [5, 5.41) is 11.4. The molecule has 3 rings (SSSR count). The van der Waals surface area contributed by atoms with Gasteiger partial charge in [-0.1, -0.05) is 44.2 Å². The zero-order valence-corrected chi connectivity index (χ0v) is 20.3. The van der Waals surface area contributed by atoms with E-state index in [1.807, 2.05) is 44.2 Å². The van der Waals surface area contributed by atoms with E-state index in [9.17, 15) is 14.7 Å². The summed E-state index contributed by atoms with van der Waals surface area (Å²) in [7, 11) is 3.13. The second-order valence-electron chi connectivity index (χ2n) is 8.82. The van der Waals surface area contributed by atoms with Crippen molar-refractivity contribution < 1.29 is 24.2 Å². The number of aryl methyl sites for hydroxylation is 2. The Bertz CT molecular complexity index is 1070. The number of Topliss-reactive ketones (excluding diaryl/α,β-unsaturated/α-hetero) is 1. The molecular formula is C27H33NO5. The molecule has 2 aromatic carbocycles. The molecule has 33 heavy (non-hydrogen) atoms. The van der Waals surface area contributed by atoms with Crippen molar-refractivity contribution in [3.8, 4) is 5.75 Å². The van der Waals surface area contributed by atoms with E-state index >= 15 is 0 Å². The van der Waals surface area contributed by atoms with E-state index in [0.717, 1.165) is 22.3 Å². The summed E-state index contributed by atoms with van der Waals surface area (Å²) in [6.07, 6.45) is 0.580. The first-order valence-electron chi connectivity index (χ1n) is 11.2. The smallest absolute Gasteiger partial charge is 0.295 e. The molecule has 1 aliphatic rings. The predicted octanol–water partition coefficient (Wildman–Crippen LogP) is 4.89. The molecule has 176 valence electrons. The molecule has 1 fully saturated rings. The second-order valence-corrected chi connectivity index (χ2v) is 8.82. The second kappa shape index (κ2) is 10.2. The van der Waals surface area contributed by atoms with Gasteiger partial charge in [0.05, 0.1) is 24.3 Å². The minimum absolute atomic E-state index is 0.0815. The van der Waals surface area contributed by atoms with Crippen molar-refractivity contribution >= 4 is 17.4 Å². The highest BCUT2D eigenvalue weighted by molar-refractivity contribution is 6.46. The molecule has 0 aliphatic carbocycles. The third kappa shape index (κ3) is 4.81. The minimum atomic E-state index is -0.691. The molecule has 1 heterocycles. The number of methoxy groups -OCH3 is 2. The van der Waals surface area contributed by atoms with Gasteiger partial charge < -0.3 is 19.5 Å². The van der Waals surface area contributed by atoms with Gasteiger partial charge in [-0.15, -0.1) is 0 Å². The van der Waals surface area contributed by atoms with Crippen molar-refractivity contribution in [3.63, 3.8) is 0 Å². The van der Waals surface area contributed by atoms with E-state index in [2.05, 4.69) is 13.8 Å². The van der Waals surface area contributed by atoms with Crippen molar-refractivity contribution in [1.82, 2.24) is 4.90 Å². The fraction of sp³-hybridized carbons (Fsp3) is 0.407. The van der Waals surface area contributed by atoms with Crippen molar-refractivity contribution in [2.45, 2.75) is 46.1 Å². The monoisotopic (exact) mass is 451 g/mol. The molecule has 1 unspecified atom stereocenters. The van der Waals surface area contributed by atoms with Crippen LogP contribution in [0, 0.1) is 13.8 Å². The largest absolute Gasteiger partial charge is 0.507 e. The molecule has 1 N–H and O–H groups in total. The van der Waals surface area contributed by atoms with Crippen LogP contribution in [0.5, 0.6) is 5.75 Å². The van der Waals surface area contributed by atoms with Gasteiger partial charge in [0.25, 0.3) is 11.7 Å². The summed E-state index contributed by atoms with van der Waals surface area (Å²) in [5.41, 5.74) is 4.19. The lowest BCUT2D eigenvalue weighted by Crippen LogP contribution is -2.31. The topological polar surface area (TPSA) is 76.1 Å². The summed E-state index contributed by atoms with van der Waals surface area (Å²) in [5.74, 6) is -0.689. The first-order valence-corrected chi connectivity index (χ1v) is 11.2. The highest BCUT2D eigenvalue weighted by atomic mass is 16.5. The summed E-state index contributed by atoms with van der Waals surface area (Å²) in [6, 6.07) is 10.9. The lowest BCUT2D eigenvalue weighted by Gasteiger charge is -2.26. The van der Waals surface area contributed by atoms with E-state index in [-0.39, 0.29) is 11.3 Å². The lowest BCUT2D eigenvalue weighted by molar-refractivity contribution is -0.140. The van der Waals surface area contributed by atoms with Gasteiger partial charge in [-0.05, 0) is 54.5 Å². The Balaban J connectivity index is 2.20. The first-order chi connectivity index (χ1) is 15.7. The zero-order chi connectivity index (χ0) is 24.3. The molecule has 0 aromatic heterocycles. The van der Waals surface area contributed by atoms with Crippen LogP contribution in [0.3, 0.4) is 0 Å². The number of hydrogen-bond acceptors (Lipinski definition) is 5. The standard InChI is InChI=1S/C27H33NO5/c1-16(2)19-8-10-20(11-9-19)23-22(25(30)27(31)28(23)12-7-13-32-5)24(29)21-15-17(3)14-18(4)26(21)33-6/h8-11,14-16,23,29H,7,12-13H2,1-6H3/b24-22+. The molecule has 0 spiro atoms. The molecule has 0 saturated carbocycles. The number of hydrogen-bond donors (Lipinski definition) is 1. The van der Waals surface area contributed by atoms with Crippen molar-refractivity contribution in [2.24, 2.45) is 0 Å². The summed E-state index contributed by atoms with van der Waals surface area (Å²) in [4.78, 5) is 27.8. The van der Waals surface area contributed by atoms with E-state index < -0.39 is 17.7 Å². The van der Waals surface area contributed by atoms with Crippen LogP contribution in [0.15, 0.2) is 42.0 Å². The molecule has 6 nitrogen and oxygen atoms in total. The molecule has 1 aliphatic heterocycles. The van der Waals surface area contributed by atoms with Crippen molar-refractivity contribution in [1.29, 1.82) is 0 Å². The van der Waals surface area contributed by atoms with Gasteiger partial charge in [-0.3, -0.25) is 9.59 Å². The average Bonchev–Trinajstić information content (AvgIpc) is 3.03. The van der Waals surface area contributed by atoms with E-state index in [1.165, 1.54) is 12.0 Å². The highest BCUT2D eigenvalue weighted by Crippen LogP contribution is 2.42. The maximum Gasteiger partial charge on any atom is 0.295 e. The molecule has 6 heteroatoms. The number of aliphatic hydroxyl groups is 1. The number of benzene rings is 2. The molecule has 1 atom stereocenters. The number of ketones is 1. The number of nitrogens with zero attached hydrogens (tertiary/aromatic N) is 1. The fourth-order valence-corrected chi connectivity index (χ4v) is 4.45. The Morgan fingerprint density at radius 2 is 1.76 bits per heavy atom. The van der Waals surface area contributed by atoms with Gasteiger partial charge >= 0.3 is 0 Å². The predicted molar refractivity (Wildman–Crippen MR) is 129 cm³/mol. The number of likely N-dealkylation sites (tertiary alicyclic amines) is 1. The van der Waals surface area contributed by atoms with Crippen molar-refractivity contribution in [3.05, 3.63) is 69.8 Å². The Morgan fingerprint density at radius 3 is 2.33 bits per heavy atom. The Kier molecular flexibility index (Phi) is 7.59. The third-order valence-electron chi connectivity index (χ3n) is 6.08. The fourth-order valence-electron chi connectivity index (χ4n) is 4.45. The van der Waals surface area contributed by atoms with Crippen LogP contribution in [0.25, 0.3) is 5.76 Å². The van der Waals surface area contributed by atoms with Gasteiger partial charge in [-0.25, -0.2) is 0 Å². The van der Waals surface area contributed by atoms with Crippen LogP contribution in [0.1, 0.15) is 60.0 Å². The van der Waals surface area contributed by atoms with Crippen molar-refractivity contribution in [2.75, 3.05) is 27.4 Å². The number of ether oxygens (including phenoxy) is 2. The Morgan fingerprint density at radius 1 is 1.09 bits per heavy atom. The number of amides is 1. The van der Waals surface area contributed by atoms with Crippen LogP contribution >= 0.6 is 0 Å². The van der Waals surface area contributed by atoms with Gasteiger partial charge in [0, 0.05) is 20.3 Å². The van der Waals surface area contributed by atoms with Gasteiger partial charge in [0.15, 0.2) is 0 Å². The van der Waals surface area contributed by atoms with Gasteiger partial charge in [0.2, 0.25) is 0 Å². The molecular weight excluding hydrogens is 418 g/mol. The van der Waals surface area contributed by atoms with E-state index in [1.54, 1.807) is 13.2 Å². The Labute approximate surface area is 195 Å². The van der Waals surface area contributed by atoms with Crippen LogP contribution in [-0.2, 0) is 14.3 Å². The summed E-state index contributed by atoms with van der Waals surface area (Å²) in [6.45, 7) is 8.82. The molecule has 1 amide bonds. The first kappa shape index (κ1) is 24.5. The van der Waals surface area contributed by atoms with Gasteiger partial charge in [-0.2, -0.15) is 0 Å². The zero-order valence-electron chi connectivity index (χ0n) is 20.3. The van der Waals surface area contributed by atoms with Crippen LogP contribution in [0.2, 0.25) is 0 Å². The van der Waals surface area contributed by atoms with Gasteiger partial charge in [0.1, 0.15) is 11.5 Å². The third-order valence-corrected chi connectivity index (χ3v) is 6.08. The molecule has 0 bridgehead atoms. The van der Waals surface area contributed by atoms with Crippen LogP contribution in [0.4, 0.5) is 0 Å². The molecule has 2 aromatic rings. The maximum atomic E-state index is 13.2. The van der Waals surface area contributed by atoms with Crippen LogP contribution < -0.4 is 4.74 Å². The normalized spacial score (nSPS) is 17.8. The summed E-state index contributed by atoms with van der Waals surface area (Å²) < 4.78 is 10.7. The quantitative estimate of drug-likeness (QED) is 0.268. The lowest BCUT2D eigenvalue weighted by atomic mass is 9.92. The SMILES string of the molecule is COCCCN1C(=O)C(=O)/C(=C(/O)c2cc(C)cc(C)c2OC)C1c1ccc(C(C)C)cc1. The number of carbonyl (C=O) groups is 2. The van der Waals surface area contributed by atoms with E-state index in [4.69, 9.17) is 9.47 Å². The summed E-state index contributed by atoms with van der Waals surface area (Å²) >= 11 is 0. The van der Waals surface area contributed by atoms with Crippen LogP contribution in [-0.4, -0.2) is 49.1 Å². The number of aliphatic hydroxyl groups excluding tert-OH is 1. The average molecular weight is 452 g/mol. The molecule has 1 saturated heterocycles. The number of rotatable bonds is 8. The highest BCUT2D eigenvalue weighted by Gasteiger charge is 2.46. The Hall–Kier alpha value is -3.12. The van der Waals surface area contributed by atoms with E-state index in [0.29, 0.717) is 36.8 Å².